The van der Waals surface area contributed by atoms with Crippen molar-refractivity contribution < 1.29 is 27.5 Å². The molecular formula is C29H28F3N5O3. The molecule has 2 aromatic carbocycles. The van der Waals surface area contributed by atoms with E-state index in [0.29, 0.717) is 11.5 Å². The molecule has 2 heterocycles. The van der Waals surface area contributed by atoms with Gasteiger partial charge in [0.15, 0.2) is 17.4 Å². The van der Waals surface area contributed by atoms with Gasteiger partial charge in [-0.05, 0) is 66.3 Å². The molecule has 5 rings (SSSR count). The molecule has 1 saturated heterocycles. The van der Waals surface area contributed by atoms with Crippen LogP contribution in [-0.4, -0.2) is 46.5 Å². The summed E-state index contributed by atoms with van der Waals surface area (Å²) >= 11 is 0. The van der Waals surface area contributed by atoms with Gasteiger partial charge in [0, 0.05) is 24.2 Å². The van der Waals surface area contributed by atoms with Gasteiger partial charge in [0.25, 0.3) is 5.91 Å². The lowest BCUT2D eigenvalue weighted by Crippen LogP contribution is -2.51. The molecule has 2 aliphatic rings. The van der Waals surface area contributed by atoms with E-state index in [1.807, 2.05) is 0 Å². The number of alkyl halides is 2. The van der Waals surface area contributed by atoms with Gasteiger partial charge in [0.1, 0.15) is 42.8 Å². The van der Waals surface area contributed by atoms with E-state index in [9.17, 15) is 22.8 Å². The van der Waals surface area contributed by atoms with Crippen molar-refractivity contribution in [3.63, 3.8) is 0 Å². The van der Waals surface area contributed by atoms with Crippen molar-refractivity contribution in [1.82, 2.24) is 15.3 Å². The van der Waals surface area contributed by atoms with Gasteiger partial charge in [-0.2, -0.15) is 0 Å². The largest absolute Gasteiger partial charge is 0.485 e. The predicted molar refractivity (Wildman–Crippen MR) is 144 cm³/mol. The fourth-order valence-corrected chi connectivity index (χ4v) is 4.89. The molecule has 1 aliphatic heterocycles. The van der Waals surface area contributed by atoms with Gasteiger partial charge in [-0.25, -0.2) is 23.1 Å². The van der Waals surface area contributed by atoms with Crippen LogP contribution >= 0.6 is 0 Å². The monoisotopic (exact) mass is 551 g/mol. The van der Waals surface area contributed by atoms with Crippen molar-refractivity contribution in [2.75, 3.05) is 24.2 Å². The fourth-order valence-electron chi connectivity index (χ4n) is 4.89. The van der Waals surface area contributed by atoms with Gasteiger partial charge in [-0.15, -0.1) is 0 Å². The lowest BCUT2D eigenvalue weighted by molar-refractivity contribution is -0.121. The maximum atomic E-state index is 14.7. The van der Waals surface area contributed by atoms with Crippen LogP contribution in [0.5, 0.6) is 5.75 Å². The number of halogens is 3. The highest BCUT2D eigenvalue weighted by molar-refractivity contribution is 6.05. The molecule has 11 heteroatoms. The predicted octanol–water partition coefficient (Wildman–Crippen LogP) is 4.67. The number of hydrogen-bond donors (Lipinski definition) is 3. The van der Waals surface area contributed by atoms with Crippen LogP contribution in [0.4, 0.5) is 24.7 Å². The molecule has 3 aromatic rings. The molecular weight excluding hydrogens is 523 g/mol. The Labute approximate surface area is 228 Å². The molecule has 4 N–H and O–H groups in total. The van der Waals surface area contributed by atoms with Gasteiger partial charge in [0.05, 0.1) is 5.56 Å². The minimum Gasteiger partial charge on any atom is -0.485 e. The number of amides is 1. The lowest BCUT2D eigenvalue weighted by atomic mass is 9.92. The first-order valence-corrected chi connectivity index (χ1v) is 12.8. The van der Waals surface area contributed by atoms with E-state index in [1.165, 1.54) is 36.7 Å². The normalized spacial score (nSPS) is 20.2. The third kappa shape index (κ3) is 5.55. The van der Waals surface area contributed by atoms with E-state index in [4.69, 9.17) is 10.5 Å². The Bertz CT molecular complexity index is 1480. The SMILES string of the molecule is C=CC(=O)[C@@]1(COc2c(N)ncnc2-c2cc(CF)cc(NC(=O)c3ccc(C4CC4)cc3F)c2)C[C@@H](F)CN1. The average molecular weight is 552 g/mol. The molecule has 40 heavy (non-hydrogen) atoms. The number of benzene rings is 2. The number of nitrogens with two attached hydrogens (primary N) is 1. The summed E-state index contributed by atoms with van der Waals surface area (Å²) in [6.07, 6.45) is 2.92. The first-order valence-electron chi connectivity index (χ1n) is 12.8. The third-order valence-corrected chi connectivity index (χ3v) is 7.15. The zero-order chi connectivity index (χ0) is 28.4. The summed E-state index contributed by atoms with van der Waals surface area (Å²) in [6, 6.07) is 8.97. The van der Waals surface area contributed by atoms with E-state index in [-0.39, 0.29) is 53.6 Å². The molecule has 1 amide bonds. The van der Waals surface area contributed by atoms with Crippen LogP contribution < -0.4 is 21.1 Å². The van der Waals surface area contributed by atoms with Crippen molar-refractivity contribution in [3.05, 3.63) is 77.9 Å². The standard InChI is InChI=1S/C29H28F3N5O3/c1-2-24(38)29(11-20(31)13-36-29)14-40-26-25(34-15-35-27(26)33)19-7-16(12-30)8-21(9-19)37-28(39)22-6-5-18(10-23(22)32)17-3-4-17/h2,5-10,15,17,20,36H,1,3-4,11-14H2,(H,37,39)(H2,33,34,35)/t20-,29+/m1/s1. The molecule has 1 aliphatic carbocycles. The van der Waals surface area contributed by atoms with Crippen LogP contribution in [0.1, 0.15) is 46.7 Å². The van der Waals surface area contributed by atoms with Crippen LogP contribution in [0.2, 0.25) is 0 Å². The Balaban J connectivity index is 1.43. The van der Waals surface area contributed by atoms with Crippen LogP contribution in [0, 0.1) is 5.82 Å². The Hall–Kier alpha value is -4.25. The Morgan fingerprint density at radius 3 is 2.67 bits per heavy atom. The first-order chi connectivity index (χ1) is 19.2. The Kier molecular flexibility index (Phi) is 7.57. The average Bonchev–Trinajstić information content (AvgIpc) is 3.73. The molecule has 2 atom stereocenters. The van der Waals surface area contributed by atoms with Gasteiger partial charge < -0.3 is 15.8 Å². The number of hydrogen-bond acceptors (Lipinski definition) is 7. The molecule has 0 radical (unpaired) electrons. The van der Waals surface area contributed by atoms with Crippen molar-refractivity contribution in [2.45, 2.75) is 43.6 Å². The quantitative estimate of drug-likeness (QED) is 0.314. The second kappa shape index (κ2) is 11.1. The topological polar surface area (TPSA) is 119 Å². The van der Waals surface area contributed by atoms with Gasteiger partial charge in [-0.3, -0.25) is 14.9 Å². The second-order valence-corrected chi connectivity index (χ2v) is 10.1. The van der Waals surface area contributed by atoms with Crippen LogP contribution in [-0.2, 0) is 11.5 Å². The number of rotatable bonds is 10. The van der Waals surface area contributed by atoms with Crippen LogP contribution in [0.15, 0.2) is 55.4 Å². The van der Waals surface area contributed by atoms with Crippen molar-refractivity contribution in [1.29, 1.82) is 0 Å². The molecule has 208 valence electrons. The van der Waals surface area contributed by atoms with Crippen molar-refractivity contribution >= 4 is 23.2 Å². The number of nitrogen functional groups attached to an aromatic ring is 1. The van der Waals surface area contributed by atoms with E-state index < -0.39 is 35.9 Å². The second-order valence-electron chi connectivity index (χ2n) is 10.1. The van der Waals surface area contributed by atoms with Crippen molar-refractivity contribution in [2.24, 2.45) is 0 Å². The number of carbonyl (C=O) groups excluding carboxylic acids is 2. The van der Waals surface area contributed by atoms with Gasteiger partial charge >= 0.3 is 0 Å². The number of aromatic nitrogens is 2. The maximum Gasteiger partial charge on any atom is 0.258 e. The number of ketones is 1. The zero-order valence-electron chi connectivity index (χ0n) is 21.6. The van der Waals surface area contributed by atoms with Crippen molar-refractivity contribution in [3.8, 4) is 17.0 Å². The maximum absolute atomic E-state index is 14.7. The lowest BCUT2D eigenvalue weighted by Gasteiger charge is -2.27. The smallest absolute Gasteiger partial charge is 0.258 e. The summed E-state index contributed by atoms with van der Waals surface area (Å²) in [7, 11) is 0. The van der Waals surface area contributed by atoms with Gasteiger partial charge in [0.2, 0.25) is 0 Å². The Morgan fingerprint density at radius 2 is 2.02 bits per heavy atom. The highest BCUT2D eigenvalue weighted by atomic mass is 19.1. The van der Waals surface area contributed by atoms with Crippen LogP contribution in [0.3, 0.4) is 0 Å². The highest BCUT2D eigenvalue weighted by Gasteiger charge is 2.45. The summed E-state index contributed by atoms with van der Waals surface area (Å²) < 4.78 is 48.5. The van der Waals surface area contributed by atoms with E-state index in [0.717, 1.165) is 24.5 Å². The highest BCUT2D eigenvalue weighted by Crippen LogP contribution is 2.40. The van der Waals surface area contributed by atoms with E-state index in [2.05, 4.69) is 27.2 Å². The Morgan fingerprint density at radius 1 is 1.23 bits per heavy atom. The van der Waals surface area contributed by atoms with E-state index >= 15 is 0 Å². The number of carbonyl (C=O) groups is 2. The summed E-state index contributed by atoms with van der Waals surface area (Å²) in [5.74, 6) is -1.50. The molecule has 0 bridgehead atoms. The van der Waals surface area contributed by atoms with Crippen LogP contribution in [0.25, 0.3) is 11.3 Å². The first kappa shape index (κ1) is 27.3. The van der Waals surface area contributed by atoms with Gasteiger partial charge in [-0.1, -0.05) is 12.6 Å². The molecule has 1 saturated carbocycles. The summed E-state index contributed by atoms with van der Waals surface area (Å²) in [5.41, 5.74) is 6.34. The number of nitrogens with zero attached hydrogens (tertiary/aromatic N) is 2. The fraction of sp³-hybridized carbons (Fsp3) is 0.310. The third-order valence-electron chi connectivity index (χ3n) is 7.15. The number of anilines is 2. The molecule has 0 unspecified atom stereocenters. The minimum absolute atomic E-state index is 0.00200. The molecule has 0 spiro atoms. The van der Waals surface area contributed by atoms with E-state index in [1.54, 1.807) is 6.07 Å². The number of ether oxygens (including phenoxy) is 1. The summed E-state index contributed by atoms with van der Waals surface area (Å²) in [6.45, 7) is 2.32. The summed E-state index contributed by atoms with van der Waals surface area (Å²) in [5, 5.41) is 5.50. The molecule has 2 fully saturated rings. The number of nitrogens with one attached hydrogen (secondary N) is 2. The molecule has 1 aromatic heterocycles. The zero-order valence-corrected chi connectivity index (χ0v) is 21.6. The minimum atomic E-state index is -1.35. The summed E-state index contributed by atoms with van der Waals surface area (Å²) in [4.78, 5) is 33.7. The molecule has 8 nitrogen and oxygen atoms in total.